The van der Waals surface area contributed by atoms with Crippen LogP contribution in [0.15, 0.2) is 59.6 Å². The number of aliphatic imine (C=N–C) groups is 1. The van der Waals surface area contributed by atoms with Crippen LogP contribution in [0.3, 0.4) is 0 Å². The monoisotopic (exact) mass is 523 g/mol. The maximum Gasteiger partial charge on any atom is 0.191 e. The molecule has 5 nitrogen and oxygen atoms in total. The predicted octanol–water partition coefficient (Wildman–Crippen LogP) is 4.68. The summed E-state index contributed by atoms with van der Waals surface area (Å²) in [5, 5.41) is 7.08. The van der Waals surface area contributed by atoms with E-state index >= 15 is 0 Å². The average molecular weight is 523 g/mol. The zero-order valence-electron chi connectivity index (χ0n) is 18.2. The van der Waals surface area contributed by atoms with E-state index in [-0.39, 0.29) is 35.4 Å². The molecule has 2 N–H and O–H groups in total. The third-order valence-corrected chi connectivity index (χ3v) is 5.70. The summed E-state index contributed by atoms with van der Waals surface area (Å²) in [7, 11) is 1.82. The highest BCUT2D eigenvalue weighted by molar-refractivity contribution is 14.0. The normalized spacial score (nSPS) is 16.8. The first kappa shape index (κ1) is 24.5. The van der Waals surface area contributed by atoms with Crippen LogP contribution in [-0.2, 0) is 10.2 Å². The average Bonchev–Trinajstić information content (AvgIpc) is 2.78. The minimum absolute atomic E-state index is 0. The third-order valence-electron chi connectivity index (χ3n) is 5.70. The standard InChI is InChI=1S/C24H33N3O2.HI/c1-4-29-22-12-10-21(11-13-22)24(14-16-28-17-15-24)18-26-23(25-3)27-19(2)20-8-6-5-7-9-20;/h5-13,19H,4,14-18H2,1-3H3,(H2,25,26,27);1H. The topological polar surface area (TPSA) is 54.9 Å². The molecular formula is C24H34IN3O2. The number of ether oxygens (including phenoxy) is 2. The minimum Gasteiger partial charge on any atom is -0.494 e. The van der Waals surface area contributed by atoms with Crippen LogP contribution in [0, 0.1) is 0 Å². The zero-order chi connectivity index (χ0) is 20.5. The van der Waals surface area contributed by atoms with E-state index in [9.17, 15) is 0 Å². The van der Waals surface area contributed by atoms with Crippen LogP contribution in [0.25, 0.3) is 0 Å². The lowest BCUT2D eigenvalue weighted by molar-refractivity contribution is 0.0513. The summed E-state index contributed by atoms with van der Waals surface area (Å²) >= 11 is 0. The second-order valence-corrected chi connectivity index (χ2v) is 7.55. The number of nitrogens with one attached hydrogen (secondary N) is 2. The van der Waals surface area contributed by atoms with E-state index in [4.69, 9.17) is 9.47 Å². The molecule has 1 aliphatic rings. The molecule has 0 spiro atoms. The largest absolute Gasteiger partial charge is 0.494 e. The number of rotatable bonds is 7. The van der Waals surface area contributed by atoms with E-state index in [1.165, 1.54) is 11.1 Å². The summed E-state index contributed by atoms with van der Waals surface area (Å²) in [6.45, 7) is 7.21. The van der Waals surface area contributed by atoms with Gasteiger partial charge in [0.25, 0.3) is 0 Å². The fraction of sp³-hybridized carbons (Fsp3) is 0.458. The van der Waals surface area contributed by atoms with Gasteiger partial charge in [-0.15, -0.1) is 24.0 Å². The molecule has 0 amide bonds. The first-order valence-corrected chi connectivity index (χ1v) is 10.5. The quantitative estimate of drug-likeness (QED) is 0.315. The summed E-state index contributed by atoms with van der Waals surface area (Å²) < 4.78 is 11.3. The molecule has 1 atom stereocenters. The van der Waals surface area contributed by atoms with Crippen molar-refractivity contribution in [1.29, 1.82) is 0 Å². The smallest absolute Gasteiger partial charge is 0.191 e. The van der Waals surface area contributed by atoms with Crippen molar-refractivity contribution in [2.45, 2.75) is 38.1 Å². The molecule has 0 aromatic heterocycles. The molecule has 1 heterocycles. The van der Waals surface area contributed by atoms with Crippen LogP contribution in [0.1, 0.15) is 43.9 Å². The number of hydrogen-bond donors (Lipinski definition) is 2. The van der Waals surface area contributed by atoms with Crippen molar-refractivity contribution in [3.8, 4) is 5.75 Å². The Morgan fingerprint density at radius 3 is 2.37 bits per heavy atom. The van der Waals surface area contributed by atoms with Crippen molar-refractivity contribution in [1.82, 2.24) is 10.6 Å². The highest BCUT2D eigenvalue weighted by atomic mass is 127. The Balaban J connectivity index is 0.00000320. The molecule has 6 heteroatoms. The van der Waals surface area contributed by atoms with Gasteiger partial charge in [-0.3, -0.25) is 4.99 Å². The molecule has 3 rings (SSSR count). The Kier molecular flexibility index (Phi) is 9.91. The number of benzene rings is 2. The Hall–Kier alpha value is -1.80. The van der Waals surface area contributed by atoms with Crippen LogP contribution >= 0.6 is 24.0 Å². The van der Waals surface area contributed by atoms with Gasteiger partial charge < -0.3 is 20.1 Å². The molecule has 2 aromatic carbocycles. The van der Waals surface area contributed by atoms with Crippen LogP contribution in [0.5, 0.6) is 5.75 Å². The lowest BCUT2D eigenvalue weighted by Gasteiger charge is -2.38. The predicted molar refractivity (Wildman–Crippen MR) is 134 cm³/mol. The van der Waals surface area contributed by atoms with Crippen molar-refractivity contribution in [3.05, 3.63) is 65.7 Å². The molecule has 0 radical (unpaired) electrons. The van der Waals surface area contributed by atoms with Gasteiger partial charge in [0.2, 0.25) is 0 Å². The second-order valence-electron chi connectivity index (χ2n) is 7.55. The lowest BCUT2D eigenvalue weighted by Crippen LogP contribution is -2.48. The van der Waals surface area contributed by atoms with E-state index in [0.717, 1.165) is 44.3 Å². The zero-order valence-corrected chi connectivity index (χ0v) is 20.5. The van der Waals surface area contributed by atoms with E-state index in [1.807, 2.05) is 20.0 Å². The molecule has 2 aromatic rings. The first-order valence-electron chi connectivity index (χ1n) is 10.5. The first-order chi connectivity index (χ1) is 14.2. The van der Waals surface area contributed by atoms with Crippen LogP contribution in [0.2, 0.25) is 0 Å². The van der Waals surface area contributed by atoms with Crippen LogP contribution in [-0.4, -0.2) is 39.4 Å². The Bertz CT molecular complexity index is 775. The minimum atomic E-state index is 0. The molecule has 1 unspecified atom stereocenters. The molecule has 1 saturated heterocycles. The highest BCUT2D eigenvalue weighted by Crippen LogP contribution is 2.35. The van der Waals surface area contributed by atoms with Gasteiger partial charge in [0.1, 0.15) is 5.75 Å². The molecule has 0 bridgehead atoms. The Morgan fingerprint density at radius 2 is 1.77 bits per heavy atom. The van der Waals surface area contributed by atoms with Gasteiger partial charge in [-0.25, -0.2) is 0 Å². The molecule has 1 fully saturated rings. The van der Waals surface area contributed by atoms with Gasteiger partial charge in [-0.1, -0.05) is 42.5 Å². The number of nitrogens with zero attached hydrogens (tertiary/aromatic N) is 1. The van der Waals surface area contributed by atoms with Crippen molar-refractivity contribution < 1.29 is 9.47 Å². The van der Waals surface area contributed by atoms with E-state index < -0.39 is 0 Å². The van der Waals surface area contributed by atoms with Crippen molar-refractivity contribution in [2.24, 2.45) is 4.99 Å². The number of guanidine groups is 1. The van der Waals surface area contributed by atoms with Crippen molar-refractivity contribution in [3.63, 3.8) is 0 Å². The summed E-state index contributed by atoms with van der Waals surface area (Å²) in [6, 6.07) is 19.1. The maximum absolute atomic E-state index is 5.67. The van der Waals surface area contributed by atoms with E-state index in [2.05, 4.69) is 71.1 Å². The van der Waals surface area contributed by atoms with Crippen molar-refractivity contribution in [2.75, 3.05) is 33.4 Å². The third kappa shape index (κ3) is 6.35. The van der Waals surface area contributed by atoms with E-state index in [0.29, 0.717) is 6.61 Å². The fourth-order valence-corrected chi connectivity index (χ4v) is 3.88. The fourth-order valence-electron chi connectivity index (χ4n) is 3.88. The summed E-state index contributed by atoms with van der Waals surface area (Å²) in [6.07, 6.45) is 1.97. The maximum atomic E-state index is 5.67. The van der Waals surface area contributed by atoms with Crippen molar-refractivity contribution >= 4 is 29.9 Å². The SMILES string of the molecule is CCOc1ccc(C2(CNC(=NC)NC(C)c3ccccc3)CCOCC2)cc1.I. The summed E-state index contributed by atoms with van der Waals surface area (Å²) in [5.41, 5.74) is 2.59. The number of halogens is 1. The molecular weight excluding hydrogens is 489 g/mol. The molecule has 1 aliphatic heterocycles. The van der Waals surface area contributed by atoms with E-state index in [1.54, 1.807) is 0 Å². The van der Waals surface area contributed by atoms with Gasteiger partial charge >= 0.3 is 0 Å². The van der Waals surface area contributed by atoms with Crippen LogP contribution < -0.4 is 15.4 Å². The lowest BCUT2D eigenvalue weighted by atomic mass is 9.74. The molecule has 0 saturated carbocycles. The Morgan fingerprint density at radius 1 is 1.10 bits per heavy atom. The molecule has 30 heavy (non-hydrogen) atoms. The Labute approximate surface area is 197 Å². The van der Waals surface area contributed by atoms with Gasteiger partial charge in [0.15, 0.2) is 5.96 Å². The van der Waals surface area contributed by atoms with Gasteiger partial charge in [0, 0.05) is 32.2 Å². The molecule has 164 valence electrons. The molecule has 0 aliphatic carbocycles. The number of hydrogen-bond acceptors (Lipinski definition) is 3. The second kappa shape index (κ2) is 12.2. The van der Waals surface area contributed by atoms with Crippen LogP contribution in [0.4, 0.5) is 0 Å². The van der Waals surface area contributed by atoms with Gasteiger partial charge in [-0.2, -0.15) is 0 Å². The highest BCUT2D eigenvalue weighted by Gasteiger charge is 2.34. The summed E-state index contributed by atoms with van der Waals surface area (Å²) in [5.74, 6) is 1.73. The van der Waals surface area contributed by atoms with Gasteiger partial charge in [-0.05, 0) is 49.9 Å². The van der Waals surface area contributed by atoms with Gasteiger partial charge in [0.05, 0.1) is 12.6 Å². The summed E-state index contributed by atoms with van der Waals surface area (Å²) in [4.78, 5) is 4.44.